The van der Waals surface area contributed by atoms with Crippen LogP contribution in [-0.4, -0.2) is 14.5 Å². The normalized spacial score (nSPS) is 11.1. The third-order valence-electron chi connectivity index (χ3n) is 3.66. The SMILES string of the molecule is Cn1c(CCc2ccncc2)nc2cc(CN)ccc21. The molecule has 4 heteroatoms. The summed E-state index contributed by atoms with van der Waals surface area (Å²) in [5.74, 6) is 1.10. The number of hydrogen-bond acceptors (Lipinski definition) is 3. The number of pyridine rings is 1. The molecule has 0 fully saturated rings. The zero-order valence-electron chi connectivity index (χ0n) is 11.6. The Bertz CT molecular complexity index is 716. The van der Waals surface area contributed by atoms with Crippen molar-refractivity contribution in [1.82, 2.24) is 14.5 Å². The number of hydrogen-bond donors (Lipinski definition) is 1. The predicted molar refractivity (Wildman–Crippen MR) is 80.3 cm³/mol. The van der Waals surface area contributed by atoms with Crippen LogP contribution in [0.3, 0.4) is 0 Å². The topological polar surface area (TPSA) is 56.7 Å². The number of imidazole rings is 1. The molecule has 0 unspecified atom stereocenters. The Morgan fingerprint density at radius 2 is 1.85 bits per heavy atom. The maximum atomic E-state index is 5.68. The maximum absolute atomic E-state index is 5.68. The Kier molecular flexibility index (Phi) is 3.48. The van der Waals surface area contributed by atoms with Crippen molar-refractivity contribution in [3.63, 3.8) is 0 Å². The Labute approximate surface area is 118 Å². The quantitative estimate of drug-likeness (QED) is 0.787. The van der Waals surface area contributed by atoms with E-state index in [9.17, 15) is 0 Å². The van der Waals surface area contributed by atoms with E-state index in [0.717, 1.165) is 35.3 Å². The van der Waals surface area contributed by atoms with Crippen LogP contribution in [0.1, 0.15) is 17.0 Å². The van der Waals surface area contributed by atoms with Crippen LogP contribution in [0.2, 0.25) is 0 Å². The summed E-state index contributed by atoms with van der Waals surface area (Å²) in [7, 11) is 2.07. The third-order valence-corrected chi connectivity index (χ3v) is 3.66. The van der Waals surface area contributed by atoms with Crippen LogP contribution in [0, 0.1) is 0 Å². The second-order valence-corrected chi connectivity index (χ2v) is 4.97. The summed E-state index contributed by atoms with van der Waals surface area (Å²) in [4.78, 5) is 8.77. The van der Waals surface area contributed by atoms with Gasteiger partial charge < -0.3 is 10.3 Å². The number of nitrogens with two attached hydrogens (primary N) is 1. The van der Waals surface area contributed by atoms with Gasteiger partial charge in [-0.25, -0.2) is 4.98 Å². The Morgan fingerprint density at radius 1 is 1.05 bits per heavy atom. The van der Waals surface area contributed by atoms with E-state index in [1.54, 1.807) is 0 Å². The van der Waals surface area contributed by atoms with Gasteiger partial charge in [-0.2, -0.15) is 0 Å². The third kappa shape index (κ3) is 2.42. The van der Waals surface area contributed by atoms with Gasteiger partial charge >= 0.3 is 0 Å². The average Bonchev–Trinajstić information content (AvgIpc) is 2.82. The van der Waals surface area contributed by atoms with Gasteiger partial charge in [0, 0.05) is 32.4 Å². The molecule has 102 valence electrons. The lowest BCUT2D eigenvalue weighted by atomic mass is 10.1. The first-order chi connectivity index (χ1) is 9.78. The zero-order valence-corrected chi connectivity index (χ0v) is 11.6. The van der Waals surface area contributed by atoms with E-state index in [2.05, 4.69) is 46.9 Å². The molecule has 0 saturated heterocycles. The van der Waals surface area contributed by atoms with E-state index in [-0.39, 0.29) is 0 Å². The second-order valence-electron chi connectivity index (χ2n) is 4.97. The molecule has 0 aliphatic carbocycles. The van der Waals surface area contributed by atoms with Crippen molar-refractivity contribution < 1.29 is 0 Å². The Hall–Kier alpha value is -2.20. The number of nitrogens with zero attached hydrogens (tertiary/aromatic N) is 3. The fourth-order valence-corrected chi connectivity index (χ4v) is 2.45. The number of fused-ring (bicyclic) bond motifs is 1. The van der Waals surface area contributed by atoms with Gasteiger partial charge in [0.15, 0.2) is 0 Å². The summed E-state index contributed by atoms with van der Waals surface area (Å²) in [6.45, 7) is 0.554. The molecule has 0 bridgehead atoms. The highest BCUT2D eigenvalue weighted by molar-refractivity contribution is 5.76. The summed E-state index contributed by atoms with van der Waals surface area (Å²) in [6, 6.07) is 10.3. The standard InChI is InChI=1S/C16H18N4/c1-20-15-4-2-13(11-17)10-14(15)19-16(20)5-3-12-6-8-18-9-7-12/h2,4,6-10H,3,5,11,17H2,1H3. The van der Waals surface area contributed by atoms with E-state index in [4.69, 9.17) is 10.7 Å². The van der Waals surface area contributed by atoms with Crippen LogP contribution in [0.15, 0.2) is 42.7 Å². The van der Waals surface area contributed by atoms with Gasteiger partial charge in [-0.3, -0.25) is 4.98 Å². The molecule has 2 aromatic heterocycles. The van der Waals surface area contributed by atoms with Crippen LogP contribution in [0.4, 0.5) is 0 Å². The first kappa shape index (κ1) is 12.8. The first-order valence-electron chi connectivity index (χ1n) is 6.81. The van der Waals surface area contributed by atoms with Crippen LogP contribution in [-0.2, 0) is 26.4 Å². The Morgan fingerprint density at radius 3 is 2.60 bits per heavy atom. The second kappa shape index (κ2) is 5.43. The maximum Gasteiger partial charge on any atom is 0.109 e. The van der Waals surface area contributed by atoms with Gasteiger partial charge in [0.2, 0.25) is 0 Å². The van der Waals surface area contributed by atoms with Crippen molar-refractivity contribution in [2.45, 2.75) is 19.4 Å². The molecule has 0 spiro atoms. The van der Waals surface area contributed by atoms with Gasteiger partial charge in [-0.1, -0.05) is 6.07 Å². The fraction of sp³-hybridized carbons (Fsp3) is 0.250. The molecule has 20 heavy (non-hydrogen) atoms. The number of rotatable bonds is 4. The smallest absolute Gasteiger partial charge is 0.109 e. The monoisotopic (exact) mass is 266 g/mol. The van der Waals surface area contributed by atoms with Crippen molar-refractivity contribution in [2.75, 3.05) is 0 Å². The van der Waals surface area contributed by atoms with Crippen LogP contribution in [0.5, 0.6) is 0 Å². The lowest BCUT2D eigenvalue weighted by Crippen LogP contribution is -2.00. The summed E-state index contributed by atoms with van der Waals surface area (Å²) in [6.07, 6.45) is 5.56. The minimum Gasteiger partial charge on any atom is -0.331 e. The van der Waals surface area contributed by atoms with E-state index in [1.807, 2.05) is 12.4 Å². The predicted octanol–water partition coefficient (Wildman–Crippen LogP) is 2.21. The van der Waals surface area contributed by atoms with Gasteiger partial charge in [-0.15, -0.1) is 0 Å². The van der Waals surface area contributed by atoms with Crippen LogP contribution in [0.25, 0.3) is 11.0 Å². The van der Waals surface area contributed by atoms with Gasteiger partial charge in [0.05, 0.1) is 11.0 Å². The van der Waals surface area contributed by atoms with Crippen LogP contribution >= 0.6 is 0 Å². The van der Waals surface area contributed by atoms with Crippen LogP contribution < -0.4 is 5.73 Å². The molecular formula is C16H18N4. The molecule has 3 aromatic rings. The van der Waals surface area contributed by atoms with Crippen molar-refractivity contribution in [3.8, 4) is 0 Å². The van der Waals surface area contributed by atoms with Gasteiger partial charge in [0.1, 0.15) is 5.82 Å². The van der Waals surface area contributed by atoms with E-state index in [0.29, 0.717) is 6.54 Å². The lowest BCUT2D eigenvalue weighted by molar-refractivity contribution is 0.786. The molecule has 0 radical (unpaired) electrons. The molecule has 0 aliphatic rings. The van der Waals surface area contributed by atoms with Crippen molar-refractivity contribution >= 4 is 11.0 Å². The van der Waals surface area contributed by atoms with E-state index in [1.165, 1.54) is 5.56 Å². The van der Waals surface area contributed by atoms with E-state index < -0.39 is 0 Å². The summed E-state index contributed by atoms with van der Waals surface area (Å²) < 4.78 is 2.16. The van der Waals surface area contributed by atoms with E-state index >= 15 is 0 Å². The largest absolute Gasteiger partial charge is 0.331 e. The molecule has 0 atom stereocenters. The zero-order chi connectivity index (χ0) is 13.9. The molecule has 0 saturated carbocycles. The molecule has 2 N–H and O–H groups in total. The summed E-state index contributed by atoms with van der Waals surface area (Å²) in [5.41, 5.74) is 10.3. The molecule has 1 aromatic carbocycles. The Balaban J connectivity index is 1.86. The minimum atomic E-state index is 0.554. The molecule has 0 aliphatic heterocycles. The average molecular weight is 266 g/mol. The number of benzene rings is 1. The number of aryl methyl sites for hydroxylation is 3. The van der Waals surface area contributed by atoms with Crippen molar-refractivity contribution in [2.24, 2.45) is 12.8 Å². The molecule has 2 heterocycles. The summed E-state index contributed by atoms with van der Waals surface area (Å²) in [5, 5.41) is 0. The first-order valence-corrected chi connectivity index (χ1v) is 6.81. The lowest BCUT2D eigenvalue weighted by Gasteiger charge is -2.02. The molecule has 0 amide bonds. The fourth-order valence-electron chi connectivity index (χ4n) is 2.45. The minimum absolute atomic E-state index is 0.554. The van der Waals surface area contributed by atoms with Crippen molar-refractivity contribution in [3.05, 3.63) is 59.7 Å². The highest BCUT2D eigenvalue weighted by atomic mass is 15.1. The van der Waals surface area contributed by atoms with Gasteiger partial charge in [-0.05, 0) is 41.8 Å². The molecular weight excluding hydrogens is 248 g/mol. The summed E-state index contributed by atoms with van der Waals surface area (Å²) >= 11 is 0. The highest BCUT2D eigenvalue weighted by Crippen LogP contribution is 2.17. The molecule has 3 rings (SSSR count). The number of aromatic nitrogens is 3. The van der Waals surface area contributed by atoms with Crippen molar-refractivity contribution in [1.29, 1.82) is 0 Å². The van der Waals surface area contributed by atoms with Gasteiger partial charge in [0.25, 0.3) is 0 Å². The highest BCUT2D eigenvalue weighted by Gasteiger charge is 2.08. The molecule has 4 nitrogen and oxygen atoms in total.